The highest BCUT2D eigenvalue weighted by molar-refractivity contribution is 7.99. The van der Waals surface area contributed by atoms with Crippen molar-refractivity contribution in [3.8, 4) is 0 Å². The molecule has 8 nitrogen and oxygen atoms in total. The van der Waals surface area contributed by atoms with Gasteiger partial charge in [-0.15, -0.1) is 11.8 Å². The molecule has 1 aromatic carbocycles. The Balaban J connectivity index is 1.90. The van der Waals surface area contributed by atoms with E-state index >= 15 is 0 Å². The number of aromatic nitrogens is 1. The third-order valence-corrected chi connectivity index (χ3v) is 4.02. The number of thioether (sulfide) groups is 1. The molecule has 2 N–H and O–H groups in total. The van der Waals surface area contributed by atoms with Crippen molar-refractivity contribution in [2.45, 2.75) is 6.54 Å². The molecule has 0 radical (unpaired) electrons. The summed E-state index contributed by atoms with van der Waals surface area (Å²) in [6.45, 7) is 0.492. The molecule has 0 saturated heterocycles. The summed E-state index contributed by atoms with van der Waals surface area (Å²) in [7, 11) is 0. The van der Waals surface area contributed by atoms with Crippen LogP contribution in [-0.2, 0) is 16.1 Å². The second-order valence-corrected chi connectivity index (χ2v) is 5.85. The number of fused-ring (bicyclic) bond motifs is 1. The van der Waals surface area contributed by atoms with Crippen molar-refractivity contribution >= 4 is 40.2 Å². The predicted octanol–water partition coefficient (Wildman–Crippen LogP) is 1.48. The van der Waals surface area contributed by atoms with Crippen LogP contribution in [0.15, 0.2) is 30.5 Å². The number of carboxylic acid groups (broad SMARTS) is 1. The molecule has 0 aliphatic heterocycles. The number of nitro benzene ring substituents is 1. The zero-order valence-electron chi connectivity index (χ0n) is 12.1. The lowest BCUT2D eigenvalue weighted by molar-refractivity contribution is -0.384. The van der Waals surface area contributed by atoms with Crippen LogP contribution in [0.3, 0.4) is 0 Å². The normalized spacial score (nSPS) is 10.6. The third-order valence-electron chi connectivity index (χ3n) is 3.07. The van der Waals surface area contributed by atoms with Crippen molar-refractivity contribution in [1.29, 1.82) is 0 Å². The Labute approximate surface area is 135 Å². The van der Waals surface area contributed by atoms with E-state index in [2.05, 4.69) is 5.32 Å². The van der Waals surface area contributed by atoms with E-state index in [0.29, 0.717) is 17.7 Å². The van der Waals surface area contributed by atoms with Crippen LogP contribution >= 0.6 is 11.8 Å². The number of amides is 1. The van der Waals surface area contributed by atoms with Crippen LogP contribution < -0.4 is 5.32 Å². The molecule has 0 atom stereocenters. The number of aliphatic carboxylic acids is 1. The van der Waals surface area contributed by atoms with E-state index in [1.165, 1.54) is 23.9 Å². The molecule has 2 rings (SSSR count). The van der Waals surface area contributed by atoms with Crippen molar-refractivity contribution < 1.29 is 19.6 Å². The van der Waals surface area contributed by atoms with Gasteiger partial charge in [0.2, 0.25) is 5.91 Å². The second-order valence-electron chi connectivity index (χ2n) is 4.74. The lowest BCUT2D eigenvalue weighted by atomic mass is 10.2. The second kappa shape index (κ2) is 7.63. The molecule has 0 bridgehead atoms. The Morgan fingerprint density at radius 2 is 2.13 bits per heavy atom. The standard InChI is InChI=1S/C14H15N3O5S/c18-13(15-4-6-23-9-14(19)20)8-16-5-3-10-7-11(17(21)22)1-2-12(10)16/h1-3,5,7H,4,6,8-9H2,(H,15,18)(H,19,20). The fraction of sp³-hybridized carbons (Fsp3) is 0.286. The monoisotopic (exact) mass is 337 g/mol. The first kappa shape index (κ1) is 16.8. The molecule has 1 heterocycles. The van der Waals surface area contributed by atoms with Crippen LogP contribution in [0.2, 0.25) is 0 Å². The maximum absolute atomic E-state index is 11.9. The minimum atomic E-state index is -0.880. The number of nitrogens with one attached hydrogen (secondary N) is 1. The number of non-ortho nitro benzene ring substituents is 1. The highest BCUT2D eigenvalue weighted by Gasteiger charge is 2.10. The summed E-state index contributed by atoms with van der Waals surface area (Å²) >= 11 is 1.23. The number of nitrogens with zero attached hydrogens (tertiary/aromatic N) is 2. The number of carbonyl (C=O) groups is 2. The van der Waals surface area contributed by atoms with Crippen LogP contribution in [0, 0.1) is 10.1 Å². The quantitative estimate of drug-likeness (QED) is 0.428. The number of rotatable bonds is 8. The summed E-state index contributed by atoms with van der Waals surface area (Å²) in [6.07, 6.45) is 1.70. The van der Waals surface area contributed by atoms with Crippen molar-refractivity contribution in [2.24, 2.45) is 0 Å². The number of carbonyl (C=O) groups excluding carboxylic acids is 1. The first-order valence-corrected chi connectivity index (χ1v) is 7.92. The number of nitro groups is 1. The maximum atomic E-state index is 11.9. The van der Waals surface area contributed by atoms with Crippen molar-refractivity contribution in [2.75, 3.05) is 18.1 Å². The molecular formula is C14H15N3O5S. The van der Waals surface area contributed by atoms with Gasteiger partial charge in [-0.2, -0.15) is 0 Å². The first-order chi connectivity index (χ1) is 11.0. The van der Waals surface area contributed by atoms with E-state index in [9.17, 15) is 19.7 Å². The number of hydrogen-bond acceptors (Lipinski definition) is 5. The summed E-state index contributed by atoms with van der Waals surface area (Å²) in [5, 5.41) is 22.6. The average molecular weight is 337 g/mol. The van der Waals surface area contributed by atoms with Gasteiger partial charge in [-0.1, -0.05) is 0 Å². The van der Waals surface area contributed by atoms with E-state index in [4.69, 9.17) is 5.11 Å². The summed E-state index contributed by atoms with van der Waals surface area (Å²) in [5.74, 6) is -0.543. The van der Waals surface area contributed by atoms with Gasteiger partial charge in [0.15, 0.2) is 0 Å². The molecule has 1 amide bonds. The molecule has 0 spiro atoms. The smallest absolute Gasteiger partial charge is 0.313 e. The van der Waals surface area contributed by atoms with Gasteiger partial charge in [0, 0.05) is 41.5 Å². The highest BCUT2D eigenvalue weighted by Crippen LogP contribution is 2.21. The molecule has 122 valence electrons. The van der Waals surface area contributed by atoms with E-state index in [0.717, 1.165) is 5.52 Å². The molecule has 1 aromatic heterocycles. The van der Waals surface area contributed by atoms with Crippen molar-refractivity contribution in [3.05, 3.63) is 40.6 Å². The van der Waals surface area contributed by atoms with Gasteiger partial charge in [0.05, 0.1) is 10.7 Å². The topological polar surface area (TPSA) is 114 Å². The van der Waals surface area contributed by atoms with E-state index in [1.807, 2.05) is 0 Å². The molecule has 0 aliphatic rings. The van der Waals surface area contributed by atoms with Gasteiger partial charge in [-0.25, -0.2) is 0 Å². The maximum Gasteiger partial charge on any atom is 0.313 e. The van der Waals surface area contributed by atoms with Crippen LogP contribution in [0.5, 0.6) is 0 Å². The summed E-state index contributed by atoms with van der Waals surface area (Å²) < 4.78 is 1.71. The van der Waals surface area contributed by atoms with E-state index in [-0.39, 0.29) is 23.9 Å². The SMILES string of the molecule is O=C(O)CSCCNC(=O)Cn1ccc2cc([N+](=O)[O-])ccc21. The number of carboxylic acids is 1. The van der Waals surface area contributed by atoms with Crippen LogP contribution in [0.25, 0.3) is 10.9 Å². The Bertz CT molecular complexity index is 743. The van der Waals surface area contributed by atoms with Crippen molar-refractivity contribution in [3.63, 3.8) is 0 Å². The molecular weight excluding hydrogens is 322 g/mol. The van der Waals surface area contributed by atoms with Gasteiger partial charge in [0.1, 0.15) is 6.54 Å². The molecule has 0 fully saturated rings. The molecule has 0 saturated carbocycles. The third kappa shape index (κ3) is 4.71. The Morgan fingerprint density at radius 1 is 1.35 bits per heavy atom. The predicted molar refractivity (Wildman–Crippen MR) is 86.6 cm³/mol. The largest absolute Gasteiger partial charge is 0.481 e. The van der Waals surface area contributed by atoms with Crippen LogP contribution in [-0.4, -0.2) is 44.5 Å². The fourth-order valence-corrected chi connectivity index (χ4v) is 2.64. The lowest BCUT2D eigenvalue weighted by Gasteiger charge is -2.07. The molecule has 9 heteroatoms. The minimum Gasteiger partial charge on any atom is -0.481 e. The summed E-state index contributed by atoms with van der Waals surface area (Å²) in [5.41, 5.74) is 0.751. The number of hydrogen-bond donors (Lipinski definition) is 2. The highest BCUT2D eigenvalue weighted by atomic mass is 32.2. The van der Waals surface area contributed by atoms with Crippen LogP contribution in [0.4, 0.5) is 5.69 Å². The lowest BCUT2D eigenvalue weighted by Crippen LogP contribution is -2.29. The molecule has 0 aliphatic carbocycles. The minimum absolute atomic E-state index is 0.00940. The van der Waals surface area contributed by atoms with Gasteiger partial charge < -0.3 is 15.0 Å². The van der Waals surface area contributed by atoms with E-state index in [1.54, 1.807) is 22.9 Å². The van der Waals surface area contributed by atoms with Gasteiger partial charge in [-0.05, 0) is 12.1 Å². The van der Waals surface area contributed by atoms with Crippen molar-refractivity contribution in [1.82, 2.24) is 9.88 Å². The Hall–Kier alpha value is -2.55. The average Bonchev–Trinajstić information content (AvgIpc) is 2.88. The Morgan fingerprint density at radius 3 is 2.83 bits per heavy atom. The molecule has 23 heavy (non-hydrogen) atoms. The summed E-state index contributed by atoms with van der Waals surface area (Å²) in [4.78, 5) is 32.5. The number of benzene rings is 1. The fourth-order valence-electron chi connectivity index (χ4n) is 2.07. The Kier molecular flexibility index (Phi) is 5.58. The molecule has 0 unspecified atom stereocenters. The molecule has 2 aromatic rings. The van der Waals surface area contributed by atoms with Gasteiger partial charge >= 0.3 is 5.97 Å². The van der Waals surface area contributed by atoms with Crippen LogP contribution in [0.1, 0.15) is 0 Å². The van der Waals surface area contributed by atoms with E-state index < -0.39 is 10.9 Å². The zero-order valence-corrected chi connectivity index (χ0v) is 12.9. The van der Waals surface area contributed by atoms with Gasteiger partial charge in [0.25, 0.3) is 5.69 Å². The first-order valence-electron chi connectivity index (χ1n) is 6.77. The summed E-state index contributed by atoms with van der Waals surface area (Å²) in [6, 6.07) is 6.20. The zero-order chi connectivity index (χ0) is 16.8. The van der Waals surface area contributed by atoms with Gasteiger partial charge in [-0.3, -0.25) is 19.7 Å².